The molecule has 2 fully saturated rings. The second kappa shape index (κ2) is 14.5. The first-order valence-corrected chi connectivity index (χ1v) is 18.1. The number of rotatable bonds is 9. The van der Waals surface area contributed by atoms with E-state index in [1.54, 1.807) is 24.5 Å². The molecule has 268 valence electrons. The number of hydrogen-bond donors (Lipinski definition) is 3. The number of carboxylic acids is 1. The fourth-order valence-corrected chi connectivity index (χ4v) is 7.78. The molecule has 13 heteroatoms. The van der Waals surface area contributed by atoms with Gasteiger partial charge in [0.2, 0.25) is 5.89 Å². The van der Waals surface area contributed by atoms with Crippen molar-refractivity contribution in [3.8, 4) is 28.8 Å². The number of aliphatic hydroxyl groups is 1. The van der Waals surface area contributed by atoms with Gasteiger partial charge in [-0.25, -0.2) is 9.97 Å². The SMILES string of the molecule is Cc1c(Nc2nccc3cc(CN4CC[C@@H](O)C4)cnc23)cccc1-c1nccc(-c2nc3cc(CN4CCC[C@@H](C(=O)O)C4)cc(C#N)c3o2)c1Cl. The number of aliphatic carboxylic acids is 1. The minimum absolute atomic E-state index is 0.267. The minimum atomic E-state index is -0.777. The fourth-order valence-electron chi connectivity index (χ4n) is 7.49. The minimum Gasteiger partial charge on any atom is -0.481 e. The molecule has 2 aliphatic rings. The zero-order valence-electron chi connectivity index (χ0n) is 29.1. The van der Waals surface area contributed by atoms with Crippen LogP contribution in [0.5, 0.6) is 0 Å². The van der Waals surface area contributed by atoms with Crippen molar-refractivity contribution in [3.05, 3.63) is 94.4 Å². The number of oxazole rings is 1. The number of halogens is 1. The number of pyridine rings is 3. The number of piperidine rings is 1. The number of fused-ring (bicyclic) bond motifs is 2. The van der Waals surface area contributed by atoms with Gasteiger partial charge in [-0.05, 0) is 85.8 Å². The van der Waals surface area contributed by atoms with Gasteiger partial charge in [-0.1, -0.05) is 23.7 Å². The second-order valence-electron chi connectivity index (χ2n) is 13.9. The highest BCUT2D eigenvalue weighted by Gasteiger charge is 2.26. The predicted octanol–water partition coefficient (Wildman–Crippen LogP) is 6.94. The third-order valence-electron chi connectivity index (χ3n) is 10.2. The fraction of sp³-hybridized carbons (Fsp3) is 0.300. The molecule has 2 saturated heterocycles. The molecular weight excluding hydrogens is 692 g/mol. The van der Waals surface area contributed by atoms with Crippen molar-refractivity contribution >= 4 is 51.1 Å². The van der Waals surface area contributed by atoms with E-state index in [1.807, 2.05) is 43.5 Å². The summed E-state index contributed by atoms with van der Waals surface area (Å²) in [6.07, 6.45) is 7.30. The number of carbonyl (C=O) groups is 1. The maximum atomic E-state index is 11.6. The van der Waals surface area contributed by atoms with Gasteiger partial charge in [-0.2, -0.15) is 5.26 Å². The lowest BCUT2D eigenvalue weighted by atomic mass is 9.97. The number of nitrogens with zero attached hydrogens (tertiary/aromatic N) is 7. The van der Waals surface area contributed by atoms with Crippen molar-refractivity contribution in [2.75, 3.05) is 31.5 Å². The molecule has 0 amide bonds. The smallest absolute Gasteiger partial charge is 0.307 e. The number of aliphatic hydroxyl groups excluding tert-OH is 1. The quantitative estimate of drug-likeness (QED) is 0.141. The number of nitrogens with one attached hydrogen (secondary N) is 1. The van der Waals surface area contributed by atoms with Crippen molar-refractivity contribution in [2.24, 2.45) is 5.92 Å². The summed E-state index contributed by atoms with van der Waals surface area (Å²) in [6, 6.07) is 17.6. The van der Waals surface area contributed by atoms with Gasteiger partial charge in [-0.15, -0.1) is 0 Å². The lowest BCUT2D eigenvalue weighted by Crippen LogP contribution is -2.38. The lowest BCUT2D eigenvalue weighted by Gasteiger charge is -2.30. The number of aromatic nitrogens is 4. The molecule has 0 radical (unpaired) electrons. The Labute approximate surface area is 310 Å². The van der Waals surface area contributed by atoms with Crippen LogP contribution in [0, 0.1) is 24.2 Å². The van der Waals surface area contributed by atoms with Gasteiger partial charge in [-0.3, -0.25) is 24.6 Å². The molecule has 0 aliphatic carbocycles. The maximum absolute atomic E-state index is 11.6. The van der Waals surface area contributed by atoms with Crippen LogP contribution in [0.2, 0.25) is 5.02 Å². The summed E-state index contributed by atoms with van der Waals surface area (Å²) in [5.41, 5.74) is 7.54. The normalized spacial score (nSPS) is 18.1. The summed E-state index contributed by atoms with van der Waals surface area (Å²) in [5, 5.41) is 34.3. The molecule has 53 heavy (non-hydrogen) atoms. The Morgan fingerprint density at radius 1 is 1.02 bits per heavy atom. The van der Waals surface area contributed by atoms with Gasteiger partial charge in [0.1, 0.15) is 17.1 Å². The zero-order chi connectivity index (χ0) is 36.6. The summed E-state index contributed by atoms with van der Waals surface area (Å²) >= 11 is 7.08. The van der Waals surface area contributed by atoms with Crippen LogP contribution in [-0.4, -0.2) is 78.2 Å². The van der Waals surface area contributed by atoms with E-state index in [2.05, 4.69) is 37.2 Å². The number of β-amino-alcohol motifs (C(OH)–C–C–N with tert-alkyl or cyclic N) is 1. The first-order valence-electron chi connectivity index (χ1n) is 17.7. The van der Waals surface area contributed by atoms with Gasteiger partial charge < -0.3 is 19.9 Å². The van der Waals surface area contributed by atoms with E-state index in [0.29, 0.717) is 64.8 Å². The topological polar surface area (TPSA) is 165 Å². The molecule has 0 unspecified atom stereocenters. The Hall–Kier alpha value is -5.45. The van der Waals surface area contributed by atoms with Crippen LogP contribution in [0.4, 0.5) is 11.5 Å². The molecule has 0 spiro atoms. The molecule has 3 N–H and O–H groups in total. The Balaban J connectivity index is 1.06. The molecule has 2 atom stereocenters. The molecule has 0 bridgehead atoms. The Morgan fingerprint density at radius 2 is 1.85 bits per heavy atom. The van der Waals surface area contributed by atoms with E-state index in [4.69, 9.17) is 26.0 Å². The number of likely N-dealkylation sites (tertiary alicyclic amines) is 2. The van der Waals surface area contributed by atoms with E-state index in [9.17, 15) is 20.3 Å². The molecule has 12 nitrogen and oxygen atoms in total. The van der Waals surface area contributed by atoms with E-state index in [-0.39, 0.29) is 12.0 Å². The van der Waals surface area contributed by atoms with Gasteiger partial charge in [0.05, 0.1) is 33.9 Å². The summed E-state index contributed by atoms with van der Waals surface area (Å²) in [5.74, 6) is -0.281. The molecule has 8 rings (SSSR count). The summed E-state index contributed by atoms with van der Waals surface area (Å²) in [6.45, 7) is 6.04. The van der Waals surface area contributed by atoms with E-state index in [1.165, 1.54) is 0 Å². The van der Waals surface area contributed by atoms with E-state index in [0.717, 1.165) is 71.3 Å². The lowest BCUT2D eigenvalue weighted by molar-refractivity contribution is -0.143. The number of hydrogen-bond acceptors (Lipinski definition) is 11. The van der Waals surface area contributed by atoms with Gasteiger partial charge in [0.15, 0.2) is 11.4 Å². The van der Waals surface area contributed by atoms with Crippen molar-refractivity contribution < 1.29 is 19.4 Å². The van der Waals surface area contributed by atoms with Crippen LogP contribution in [0.1, 0.15) is 41.5 Å². The Bertz CT molecular complexity index is 2410. The zero-order valence-corrected chi connectivity index (χ0v) is 29.8. The average molecular weight is 729 g/mol. The van der Waals surface area contributed by atoms with Crippen LogP contribution in [-0.2, 0) is 17.9 Å². The van der Waals surface area contributed by atoms with Gasteiger partial charge >= 0.3 is 5.97 Å². The van der Waals surface area contributed by atoms with Crippen molar-refractivity contribution in [1.29, 1.82) is 5.26 Å². The Kier molecular flexibility index (Phi) is 9.49. The summed E-state index contributed by atoms with van der Waals surface area (Å²) in [4.78, 5) is 34.7. The van der Waals surface area contributed by atoms with Crippen molar-refractivity contribution in [3.63, 3.8) is 0 Å². The number of carboxylic acid groups (broad SMARTS) is 1. The molecular formula is C40H37ClN8O4. The van der Waals surface area contributed by atoms with E-state index < -0.39 is 11.9 Å². The van der Waals surface area contributed by atoms with Crippen LogP contribution in [0.15, 0.2) is 71.5 Å². The van der Waals surface area contributed by atoms with Crippen LogP contribution < -0.4 is 5.32 Å². The highest BCUT2D eigenvalue weighted by atomic mass is 35.5. The predicted molar refractivity (Wildman–Crippen MR) is 201 cm³/mol. The maximum Gasteiger partial charge on any atom is 0.307 e. The molecule has 6 heterocycles. The first kappa shape index (κ1) is 34.6. The third kappa shape index (κ3) is 7.04. The summed E-state index contributed by atoms with van der Waals surface area (Å²) in [7, 11) is 0. The van der Waals surface area contributed by atoms with Gasteiger partial charge in [0.25, 0.3) is 0 Å². The molecule has 0 saturated carbocycles. The highest BCUT2D eigenvalue weighted by Crippen LogP contribution is 2.39. The van der Waals surface area contributed by atoms with Crippen LogP contribution in [0.3, 0.4) is 0 Å². The number of benzene rings is 2. The van der Waals surface area contributed by atoms with E-state index >= 15 is 0 Å². The molecule has 2 aliphatic heterocycles. The average Bonchev–Trinajstić information content (AvgIpc) is 3.78. The highest BCUT2D eigenvalue weighted by molar-refractivity contribution is 6.35. The largest absolute Gasteiger partial charge is 0.481 e. The van der Waals surface area contributed by atoms with Crippen LogP contribution in [0.25, 0.3) is 44.7 Å². The first-order chi connectivity index (χ1) is 25.7. The van der Waals surface area contributed by atoms with Crippen LogP contribution >= 0.6 is 11.6 Å². The monoisotopic (exact) mass is 728 g/mol. The molecule has 4 aromatic heterocycles. The van der Waals surface area contributed by atoms with Gasteiger partial charge in [0, 0.05) is 68.0 Å². The molecule has 2 aromatic carbocycles. The standard InChI is InChI=1S/C40H37ClN8O4/c1-23-30(5-2-6-32(23)46-38-35-26(7-10-44-38)15-25(18-45-35)20-49-13-9-29(50)22-49)36-34(41)31(8-11-43-36)39-47-33-16-24(14-28(17-42)37(33)53-39)19-48-12-3-4-27(21-48)40(51)52/h2,5-8,10-11,14-16,18,27,29,50H,3-4,9,12-13,19-22H2,1H3,(H,44,46)(H,51,52)/t27-,29-/m1/s1. The third-order valence-corrected chi connectivity index (χ3v) is 10.6. The second-order valence-corrected chi connectivity index (χ2v) is 14.3. The number of nitriles is 1. The number of anilines is 2. The summed E-state index contributed by atoms with van der Waals surface area (Å²) < 4.78 is 6.19. The van der Waals surface area contributed by atoms with Crippen molar-refractivity contribution in [2.45, 2.75) is 45.4 Å². The van der Waals surface area contributed by atoms with Crippen molar-refractivity contribution in [1.82, 2.24) is 29.7 Å². The molecule has 6 aromatic rings. The Morgan fingerprint density at radius 3 is 2.66 bits per heavy atom.